The fourth-order valence-corrected chi connectivity index (χ4v) is 3.27. The molecule has 1 atom stereocenters. The molecule has 0 N–H and O–H groups in total. The molecular formula is C20H20FN5O2. The van der Waals surface area contributed by atoms with Gasteiger partial charge in [-0.1, -0.05) is 12.1 Å². The molecule has 8 heteroatoms. The van der Waals surface area contributed by atoms with Crippen LogP contribution in [0.1, 0.15) is 18.1 Å². The van der Waals surface area contributed by atoms with Crippen molar-refractivity contribution in [3.63, 3.8) is 0 Å². The number of aromatic nitrogens is 4. The van der Waals surface area contributed by atoms with Gasteiger partial charge < -0.3 is 9.64 Å². The van der Waals surface area contributed by atoms with Crippen molar-refractivity contribution in [2.75, 3.05) is 24.6 Å². The lowest BCUT2D eigenvalue weighted by Gasteiger charge is -2.26. The van der Waals surface area contributed by atoms with Gasteiger partial charge in [-0.15, -0.1) is 0 Å². The van der Waals surface area contributed by atoms with Crippen molar-refractivity contribution in [2.45, 2.75) is 12.5 Å². The number of anilines is 1. The van der Waals surface area contributed by atoms with Crippen LogP contribution in [0.15, 0.2) is 53.7 Å². The Balaban J connectivity index is 1.69. The maximum absolute atomic E-state index is 13.3. The van der Waals surface area contributed by atoms with Crippen molar-refractivity contribution in [1.82, 2.24) is 19.5 Å². The van der Waals surface area contributed by atoms with E-state index in [1.54, 1.807) is 31.4 Å². The van der Waals surface area contributed by atoms with Gasteiger partial charge in [0.25, 0.3) is 5.56 Å². The van der Waals surface area contributed by atoms with Crippen molar-refractivity contribution in [2.24, 2.45) is 7.05 Å². The molecule has 1 unspecified atom stereocenters. The Morgan fingerprint density at radius 2 is 2.00 bits per heavy atom. The highest BCUT2D eigenvalue weighted by Crippen LogP contribution is 2.25. The summed E-state index contributed by atoms with van der Waals surface area (Å²) >= 11 is 0. The lowest BCUT2D eigenvalue weighted by atomic mass is 10.1. The lowest BCUT2D eigenvalue weighted by Crippen LogP contribution is -2.34. The van der Waals surface area contributed by atoms with E-state index in [4.69, 9.17) is 9.72 Å². The summed E-state index contributed by atoms with van der Waals surface area (Å²) in [7, 11) is 1.70. The summed E-state index contributed by atoms with van der Waals surface area (Å²) in [6.45, 7) is 1.79. The highest BCUT2D eigenvalue weighted by Gasteiger charge is 2.24. The molecule has 0 aliphatic carbocycles. The van der Waals surface area contributed by atoms with E-state index < -0.39 is 0 Å². The summed E-state index contributed by atoms with van der Waals surface area (Å²) in [5.41, 5.74) is 1.83. The minimum absolute atomic E-state index is 0.165. The molecule has 3 heterocycles. The molecule has 0 saturated carbocycles. The average Bonchev–Trinajstić information content (AvgIpc) is 2.97. The summed E-state index contributed by atoms with van der Waals surface area (Å²) in [5.74, 6) is 0.273. The van der Waals surface area contributed by atoms with Crippen LogP contribution in [-0.2, 0) is 11.8 Å². The van der Waals surface area contributed by atoms with Gasteiger partial charge in [-0.05, 0) is 30.2 Å². The largest absolute Gasteiger partial charge is 0.372 e. The molecule has 0 radical (unpaired) electrons. The third-order valence-corrected chi connectivity index (χ3v) is 4.76. The second kappa shape index (κ2) is 7.85. The SMILES string of the molecule is Cn1c(N2CCCOC(c3ccc(F)cc3)C2)nc(-c2ccncn2)cc1=O. The van der Waals surface area contributed by atoms with E-state index >= 15 is 0 Å². The number of ether oxygens (including phenoxy) is 1. The van der Waals surface area contributed by atoms with Crippen molar-refractivity contribution >= 4 is 5.95 Å². The Bertz CT molecular complexity index is 1010. The Morgan fingerprint density at radius 1 is 1.18 bits per heavy atom. The number of benzene rings is 1. The van der Waals surface area contributed by atoms with Gasteiger partial charge in [-0.25, -0.2) is 19.3 Å². The predicted molar refractivity (Wildman–Crippen MR) is 102 cm³/mol. The monoisotopic (exact) mass is 381 g/mol. The number of hydrogen-bond donors (Lipinski definition) is 0. The van der Waals surface area contributed by atoms with Crippen molar-refractivity contribution < 1.29 is 9.13 Å². The Hall–Kier alpha value is -3.13. The van der Waals surface area contributed by atoms with Gasteiger partial charge >= 0.3 is 0 Å². The van der Waals surface area contributed by atoms with Gasteiger partial charge in [0.1, 0.15) is 18.2 Å². The zero-order valence-electron chi connectivity index (χ0n) is 15.5. The highest BCUT2D eigenvalue weighted by atomic mass is 19.1. The predicted octanol–water partition coefficient (Wildman–Crippen LogP) is 2.34. The first-order chi connectivity index (χ1) is 13.6. The van der Waals surface area contributed by atoms with Crippen LogP contribution in [0.4, 0.5) is 10.3 Å². The van der Waals surface area contributed by atoms with Crippen LogP contribution in [0, 0.1) is 5.82 Å². The molecule has 1 aromatic carbocycles. The van der Waals surface area contributed by atoms with Crippen LogP contribution < -0.4 is 10.5 Å². The minimum atomic E-state index is -0.282. The molecule has 2 aromatic heterocycles. The smallest absolute Gasteiger partial charge is 0.255 e. The fraction of sp³-hybridized carbons (Fsp3) is 0.300. The maximum atomic E-state index is 13.3. The van der Waals surface area contributed by atoms with Crippen molar-refractivity contribution in [3.8, 4) is 11.4 Å². The van der Waals surface area contributed by atoms with Crippen LogP contribution in [0.5, 0.6) is 0 Å². The van der Waals surface area contributed by atoms with Gasteiger partial charge in [-0.3, -0.25) is 9.36 Å². The molecule has 1 aliphatic rings. The number of rotatable bonds is 3. The van der Waals surface area contributed by atoms with E-state index in [0.717, 1.165) is 12.0 Å². The molecule has 1 aliphatic heterocycles. The first-order valence-electron chi connectivity index (χ1n) is 9.08. The molecule has 7 nitrogen and oxygen atoms in total. The summed E-state index contributed by atoms with van der Waals surface area (Å²) in [5, 5.41) is 0. The van der Waals surface area contributed by atoms with Gasteiger partial charge in [0.05, 0.1) is 17.9 Å². The zero-order chi connectivity index (χ0) is 19.5. The third-order valence-electron chi connectivity index (χ3n) is 4.76. The first kappa shape index (κ1) is 18.2. The van der Waals surface area contributed by atoms with Crippen molar-refractivity contribution in [1.29, 1.82) is 0 Å². The number of halogens is 1. The molecule has 0 amide bonds. The summed E-state index contributed by atoms with van der Waals surface area (Å²) in [4.78, 5) is 27.4. The van der Waals surface area contributed by atoms with Crippen LogP contribution in [0.2, 0.25) is 0 Å². The Labute approximate surface area is 161 Å². The average molecular weight is 381 g/mol. The molecule has 1 fully saturated rings. The lowest BCUT2D eigenvalue weighted by molar-refractivity contribution is 0.0685. The Morgan fingerprint density at radius 3 is 2.75 bits per heavy atom. The summed E-state index contributed by atoms with van der Waals surface area (Å²) in [6.07, 6.45) is 3.61. The number of hydrogen-bond acceptors (Lipinski definition) is 6. The van der Waals surface area contributed by atoms with Crippen LogP contribution >= 0.6 is 0 Å². The van der Waals surface area contributed by atoms with Crippen LogP contribution in [0.25, 0.3) is 11.4 Å². The maximum Gasteiger partial charge on any atom is 0.255 e. The third kappa shape index (κ3) is 3.77. The van der Waals surface area contributed by atoms with E-state index in [0.29, 0.717) is 37.0 Å². The molecule has 1 saturated heterocycles. The second-order valence-corrected chi connectivity index (χ2v) is 6.64. The quantitative estimate of drug-likeness (QED) is 0.693. The van der Waals surface area contributed by atoms with E-state index in [2.05, 4.69) is 9.97 Å². The van der Waals surface area contributed by atoms with E-state index in [1.165, 1.54) is 29.1 Å². The first-order valence-corrected chi connectivity index (χ1v) is 9.08. The molecule has 144 valence electrons. The molecular weight excluding hydrogens is 361 g/mol. The topological polar surface area (TPSA) is 73.1 Å². The zero-order valence-corrected chi connectivity index (χ0v) is 15.5. The Kier molecular flexibility index (Phi) is 5.12. The fourth-order valence-electron chi connectivity index (χ4n) is 3.27. The number of nitrogens with zero attached hydrogens (tertiary/aromatic N) is 5. The molecule has 28 heavy (non-hydrogen) atoms. The highest BCUT2D eigenvalue weighted by molar-refractivity contribution is 5.55. The molecule has 0 spiro atoms. The van der Waals surface area contributed by atoms with Crippen LogP contribution in [0.3, 0.4) is 0 Å². The second-order valence-electron chi connectivity index (χ2n) is 6.64. The van der Waals surface area contributed by atoms with Gasteiger partial charge in [0.15, 0.2) is 0 Å². The summed E-state index contributed by atoms with van der Waals surface area (Å²) < 4.78 is 20.8. The van der Waals surface area contributed by atoms with Crippen molar-refractivity contribution in [3.05, 3.63) is 70.7 Å². The molecule has 3 aromatic rings. The van der Waals surface area contributed by atoms with E-state index in [-0.39, 0.29) is 17.5 Å². The normalized spacial score (nSPS) is 17.4. The summed E-state index contributed by atoms with van der Waals surface area (Å²) in [6, 6.07) is 9.51. The van der Waals surface area contributed by atoms with Gasteiger partial charge in [0.2, 0.25) is 5.95 Å². The standard InChI is InChI=1S/C20H20FN5O2/c1-25-19(27)11-17(16-7-8-22-13-23-16)24-20(25)26-9-2-10-28-18(12-26)14-3-5-15(21)6-4-14/h3-8,11,13,18H,2,9-10,12H2,1H3. The van der Waals surface area contributed by atoms with E-state index in [9.17, 15) is 9.18 Å². The minimum Gasteiger partial charge on any atom is -0.372 e. The van der Waals surface area contributed by atoms with E-state index in [1.807, 2.05) is 4.90 Å². The molecule has 0 bridgehead atoms. The van der Waals surface area contributed by atoms with Gasteiger partial charge in [-0.2, -0.15) is 0 Å². The van der Waals surface area contributed by atoms with Crippen LogP contribution in [-0.4, -0.2) is 39.2 Å². The molecule has 4 rings (SSSR count). The van der Waals surface area contributed by atoms with Gasteiger partial charge in [0, 0.05) is 32.5 Å².